The Morgan fingerprint density at radius 3 is 2.50 bits per heavy atom. The number of hydrogen-bond acceptors (Lipinski definition) is 4. The number of aryl methyl sites for hydroxylation is 1. The third-order valence-electron chi connectivity index (χ3n) is 5.65. The molecule has 1 aliphatic heterocycles. The number of amides is 2. The van der Waals surface area contributed by atoms with E-state index >= 15 is 0 Å². The van der Waals surface area contributed by atoms with Crippen molar-refractivity contribution in [1.29, 1.82) is 0 Å². The normalized spacial score (nSPS) is 16.0. The van der Waals surface area contributed by atoms with Crippen molar-refractivity contribution < 1.29 is 27.9 Å². The van der Waals surface area contributed by atoms with Gasteiger partial charge in [-0.3, -0.25) is 14.6 Å². The Morgan fingerprint density at radius 1 is 1.11 bits per heavy atom. The fraction of sp³-hybridized carbons (Fsp3) is 0.148. The molecule has 1 aliphatic rings. The molecule has 6 nitrogen and oxygen atoms in total. The molecule has 9 heteroatoms. The number of allylic oxidation sites excluding steroid dienone is 2. The molecule has 1 unspecified atom stereocenters. The number of aromatic nitrogens is 1. The molecule has 1 aromatic heterocycles. The molecule has 0 spiro atoms. The number of benzene rings is 2. The summed E-state index contributed by atoms with van der Waals surface area (Å²) in [5.41, 5.74) is 3.40. The Balaban J connectivity index is 1.58. The number of halogens is 3. The SMILES string of the molecule is Cc1ccc(/C(=C\C=C\C(=O)Nc2cccc3c2CC(O)C(=O)N3)c2ccc(C(F)(F)F)cc2)cn1. The van der Waals surface area contributed by atoms with E-state index in [0.29, 0.717) is 33.6 Å². The minimum Gasteiger partial charge on any atom is -0.383 e. The second-order valence-electron chi connectivity index (χ2n) is 8.23. The number of fused-ring (bicyclic) bond motifs is 1. The first-order chi connectivity index (χ1) is 17.1. The van der Waals surface area contributed by atoms with Crippen LogP contribution in [-0.4, -0.2) is 28.0 Å². The van der Waals surface area contributed by atoms with E-state index in [1.54, 1.807) is 42.6 Å². The lowest BCUT2D eigenvalue weighted by atomic mass is 9.97. The summed E-state index contributed by atoms with van der Waals surface area (Å²) in [7, 11) is 0. The number of aliphatic hydroxyl groups excluding tert-OH is 1. The van der Waals surface area contributed by atoms with Crippen molar-refractivity contribution in [2.45, 2.75) is 25.6 Å². The van der Waals surface area contributed by atoms with Crippen LogP contribution in [0.1, 0.15) is 27.9 Å². The molecular formula is C27H22F3N3O3. The van der Waals surface area contributed by atoms with Gasteiger partial charge in [-0.1, -0.05) is 36.4 Å². The van der Waals surface area contributed by atoms with Crippen molar-refractivity contribution in [2.24, 2.45) is 0 Å². The Kier molecular flexibility index (Phi) is 7.03. The largest absolute Gasteiger partial charge is 0.416 e. The number of nitrogens with one attached hydrogen (secondary N) is 2. The number of carbonyl (C=O) groups is 2. The molecule has 2 aromatic carbocycles. The number of carbonyl (C=O) groups excluding carboxylic acids is 2. The molecule has 0 bridgehead atoms. The summed E-state index contributed by atoms with van der Waals surface area (Å²) < 4.78 is 39.0. The lowest BCUT2D eigenvalue weighted by Gasteiger charge is -2.23. The van der Waals surface area contributed by atoms with Gasteiger partial charge in [0.05, 0.1) is 5.56 Å². The lowest BCUT2D eigenvalue weighted by Crippen LogP contribution is -2.34. The quantitative estimate of drug-likeness (QED) is 0.349. The first-order valence-corrected chi connectivity index (χ1v) is 11.0. The summed E-state index contributed by atoms with van der Waals surface area (Å²) in [6, 6.07) is 13.4. The Labute approximate surface area is 205 Å². The van der Waals surface area contributed by atoms with E-state index in [2.05, 4.69) is 15.6 Å². The minimum absolute atomic E-state index is 0.0692. The zero-order chi connectivity index (χ0) is 25.9. The van der Waals surface area contributed by atoms with Gasteiger partial charge in [-0.15, -0.1) is 0 Å². The third-order valence-corrected chi connectivity index (χ3v) is 5.65. The van der Waals surface area contributed by atoms with Gasteiger partial charge in [0.15, 0.2) is 0 Å². The van der Waals surface area contributed by atoms with Crippen LogP contribution in [0.5, 0.6) is 0 Å². The van der Waals surface area contributed by atoms with Crippen LogP contribution in [0, 0.1) is 6.92 Å². The second-order valence-corrected chi connectivity index (χ2v) is 8.23. The summed E-state index contributed by atoms with van der Waals surface area (Å²) in [6.45, 7) is 1.82. The zero-order valence-corrected chi connectivity index (χ0v) is 19.1. The van der Waals surface area contributed by atoms with E-state index in [1.165, 1.54) is 24.3 Å². The first-order valence-electron chi connectivity index (χ1n) is 11.0. The van der Waals surface area contributed by atoms with Crippen LogP contribution in [0.3, 0.4) is 0 Å². The highest BCUT2D eigenvalue weighted by atomic mass is 19.4. The van der Waals surface area contributed by atoms with Crippen LogP contribution >= 0.6 is 0 Å². The number of alkyl halides is 3. The molecule has 3 aromatic rings. The maximum Gasteiger partial charge on any atom is 0.416 e. The smallest absolute Gasteiger partial charge is 0.383 e. The molecule has 0 saturated carbocycles. The van der Waals surface area contributed by atoms with Crippen molar-refractivity contribution in [3.63, 3.8) is 0 Å². The summed E-state index contributed by atoms with van der Waals surface area (Å²) in [5.74, 6) is -0.961. The van der Waals surface area contributed by atoms with E-state index in [9.17, 15) is 27.9 Å². The fourth-order valence-corrected chi connectivity index (χ4v) is 3.77. The maximum atomic E-state index is 13.0. The number of rotatable bonds is 5. The highest BCUT2D eigenvalue weighted by Gasteiger charge is 2.30. The second kappa shape index (κ2) is 10.2. The standard InChI is InChI=1S/C27H22F3N3O3/c1-16-8-9-18(15-31-16)20(17-10-12-19(13-11-17)27(28,29)30)4-2-7-25(35)32-22-5-3-6-23-21(22)14-24(34)26(36)33-23/h2-13,15,24,34H,14H2,1H3,(H,32,35)(H,33,36)/b7-2+,20-4-. The summed E-state index contributed by atoms with van der Waals surface area (Å²) in [6.07, 6.45) is 0.433. The van der Waals surface area contributed by atoms with E-state index in [-0.39, 0.29) is 6.42 Å². The molecule has 1 atom stereocenters. The molecule has 2 heterocycles. The van der Waals surface area contributed by atoms with E-state index in [4.69, 9.17) is 0 Å². The van der Waals surface area contributed by atoms with Gasteiger partial charge in [-0.2, -0.15) is 13.2 Å². The monoisotopic (exact) mass is 493 g/mol. The number of hydrogen-bond donors (Lipinski definition) is 3. The fourth-order valence-electron chi connectivity index (χ4n) is 3.77. The van der Waals surface area contributed by atoms with Crippen LogP contribution in [0.2, 0.25) is 0 Å². The Hall–Kier alpha value is -4.24. The minimum atomic E-state index is -4.44. The van der Waals surface area contributed by atoms with Gasteiger partial charge in [0.25, 0.3) is 5.91 Å². The third kappa shape index (κ3) is 5.69. The number of anilines is 2. The summed E-state index contributed by atoms with van der Waals surface area (Å²) >= 11 is 0. The Bertz CT molecular complexity index is 1350. The first kappa shape index (κ1) is 24.9. The van der Waals surface area contributed by atoms with E-state index < -0.39 is 29.7 Å². The van der Waals surface area contributed by atoms with E-state index in [0.717, 1.165) is 17.8 Å². The van der Waals surface area contributed by atoms with Gasteiger partial charge in [0.2, 0.25) is 5.91 Å². The zero-order valence-electron chi connectivity index (χ0n) is 19.1. The van der Waals surface area contributed by atoms with Crippen molar-refractivity contribution >= 4 is 28.8 Å². The highest BCUT2D eigenvalue weighted by Crippen LogP contribution is 2.32. The van der Waals surface area contributed by atoms with Crippen LogP contribution in [0.25, 0.3) is 5.57 Å². The van der Waals surface area contributed by atoms with Gasteiger partial charge in [0, 0.05) is 46.9 Å². The van der Waals surface area contributed by atoms with Crippen LogP contribution < -0.4 is 10.6 Å². The average Bonchev–Trinajstić information content (AvgIpc) is 2.83. The van der Waals surface area contributed by atoms with E-state index in [1.807, 2.05) is 6.92 Å². The van der Waals surface area contributed by atoms with Crippen LogP contribution in [-0.2, 0) is 22.2 Å². The number of pyridine rings is 1. The Morgan fingerprint density at radius 2 is 1.83 bits per heavy atom. The summed E-state index contributed by atoms with van der Waals surface area (Å²) in [5, 5.41) is 15.2. The van der Waals surface area contributed by atoms with Gasteiger partial charge < -0.3 is 15.7 Å². The molecule has 2 amide bonds. The molecule has 36 heavy (non-hydrogen) atoms. The molecule has 0 fully saturated rings. The van der Waals surface area contributed by atoms with Gasteiger partial charge >= 0.3 is 6.18 Å². The van der Waals surface area contributed by atoms with Crippen molar-refractivity contribution in [3.8, 4) is 0 Å². The molecule has 0 radical (unpaired) electrons. The number of aliphatic hydroxyl groups is 1. The molecule has 4 rings (SSSR count). The molecule has 184 valence electrons. The maximum absolute atomic E-state index is 13.0. The van der Waals surface area contributed by atoms with Crippen molar-refractivity contribution in [2.75, 3.05) is 10.6 Å². The molecule has 0 aliphatic carbocycles. The molecule has 0 saturated heterocycles. The van der Waals surface area contributed by atoms with Gasteiger partial charge in [-0.05, 0) is 48.4 Å². The van der Waals surface area contributed by atoms with Gasteiger partial charge in [-0.25, -0.2) is 0 Å². The molecule has 3 N–H and O–H groups in total. The number of nitrogens with zero attached hydrogens (tertiary/aromatic N) is 1. The predicted octanol–water partition coefficient (Wildman–Crippen LogP) is 4.89. The summed E-state index contributed by atoms with van der Waals surface area (Å²) in [4.78, 5) is 28.5. The van der Waals surface area contributed by atoms with Crippen molar-refractivity contribution in [1.82, 2.24) is 4.98 Å². The highest BCUT2D eigenvalue weighted by molar-refractivity contribution is 6.03. The lowest BCUT2D eigenvalue weighted by molar-refractivity contribution is -0.137. The average molecular weight is 493 g/mol. The van der Waals surface area contributed by atoms with Crippen LogP contribution in [0.4, 0.5) is 24.5 Å². The van der Waals surface area contributed by atoms with Crippen LogP contribution in [0.15, 0.2) is 79.0 Å². The van der Waals surface area contributed by atoms with Gasteiger partial charge in [0.1, 0.15) is 6.10 Å². The topological polar surface area (TPSA) is 91.3 Å². The van der Waals surface area contributed by atoms with Crippen molar-refractivity contribution in [3.05, 3.63) is 107 Å². The molecular weight excluding hydrogens is 471 g/mol. The predicted molar refractivity (Wildman–Crippen MR) is 130 cm³/mol.